The molecule has 7 heteroatoms. The molecule has 2 saturated heterocycles. The molecular weight excluding hydrogens is 340 g/mol. The quantitative estimate of drug-likeness (QED) is 0.895. The number of hydrogen-bond donors (Lipinski definition) is 1. The molecule has 0 atom stereocenters. The maximum atomic E-state index is 12.5. The summed E-state index contributed by atoms with van der Waals surface area (Å²) in [5.74, 6) is 0.441. The lowest BCUT2D eigenvalue weighted by Crippen LogP contribution is -2.44. The zero-order valence-electron chi connectivity index (χ0n) is 15.8. The fourth-order valence-corrected chi connectivity index (χ4v) is 3.57. The van der Waals surface area contributed by atoms with Crippen molar-refractivity contribution < 1.29 is 4.79 Å². The first kappa shape index (κ1) is 17.7. The molecule has 0 saturated carbocycles. The average molecular weight is 366 g/mol. The van der Waals surface area contributed by atoms with Gasteiger partial charge in [-0.05, 0) is 50.2 Å². The van der Waals surface area contributed by atoms with Crippen molar-refractivity contribution in [3.05, 3.63) is 42.2 Å². The van der Waals surface area contributed by atoms with Crippen LogP contribution >= 0.6 is 0 Å². The highest BCUT2D eigenvalue weighted by Gasteiger charge is 2.21. The van der Waals surface area contributed by atoms with Crippen molar-refractivity contribution in [3.8, 4) is 0 Å². The second-order valence-corrected chi connectivity index (χ2v) is 7.23. The number of piperazine rings is 1. The van der Waals surface area contributed by atoms with Crippen LogP contribution in [0.25, 0.3) is 0 Å². The minimum absolute atomic E-state index is 0.0108. The van der Waals surface area contributed by atoms with Crippen molar-refractivity contribution in [1.29, 1.82) is 0 Å². The van der Waals surface area contributed by atoms with Crippen LogP contribution < -0.4 is 10.2 Å². The molecule has 0 spiro atoms. The van der Waals surface area contributed by atoms with E-state index in [1.807, 2.05) is 17.0 Å². The van der Waals surface area contributed by atoms with Gasteiger partial charge in [0.05, 0.1) is 0 Å². The monoisotopic (exact) mass is 366 g/mol. The van der Waals surface area contributed by atoms with Gasteiger partial charge in [0.2, 0.25) is 5.95 Å². The molecule has 2 aromatic rings. The third-order valence-electron chi connectivity index (χ3n) is 5.26. The van der Waals surface area contributed by atoms with Gasteiger partial charge in [-0.25, -0.2) is 9.97 Å². The Hall–Kier alpha value is -2.67. The number of benzene rings is 1. The summed E-state index contributed by atoms with van der Waals surface area (Å²) >= 11 is 0. The molecule has 0 unspecified atom stereocenters. The van der Waals surface area contributed by atoms with Gasteiger partial charge >= 0.3 is 0 Å². The molecule has 27 heavy (non-hydrogen) atoms. The Labute approximate surface area is 160 Å². The molecule has 1 amide bonds. The van der Waals surface area contributed by atoms with E-state index >= 15 is 0 Å². The zero-order chi connectivity index (χ0) is 18.6. The van der Waals surface area contributed by atoms with Crippen molar-refractivity contribution in [2.45, 2.75) is 12.8 Å². The summed E-state index contributed by atoms with van der Waals surface area (Å²) < 4.78 is 0. The Bertz CT molecular complexity index is 779. The second kappa shape index (κ2) is 7.92. The number of nitrogens with zero attached hydrogens (tertiary/aromatic N) is 5. The molecule has 1 N–H and O–H groups in total. The van der Waals surface area contributed by atoms with Crippen molar-refractivity contribution in [2.24, 2.45) is 0 Å². The largest absolute Gasteiger partial charge is 0.369 e. The summed E-state index contributed by atoms with van der Waals surface area (Å²) in [6.45, 7) is 5.91. The van der Waals surface area contributed by atoms with Crippen LogP contribution in [0.5, 0.6) is 0 Å². The Kier molecular flexibility index (Phi) is 5.20. The third-order valence-corrected chi connectivity index (χ3v) is 5.26. The molecule has 0 bridgehead atoms. The van der Waals surface area contributed by atoms with Gasteiger partial charge in [-0.3, -0.25) is 4.79 Å². The van der Waals surface area contributed by atoms with Gasteiger partial charge in [-0.2, -0.15) is 0 Å². The molecule has 4 rings (SSSR count). The Morgan fingerprint density at radius 1 is 0.963 bits per heavy atom. The van der Waals surface area contributed by atoms with Crippen LogP contribution in [0, 0.1) is 0 Å². The first-order valence-corrected chi connectivity index (χ1v) is 9.62. The molecule has 2 fully saturated rings. The van der Waals surface area contributed by atoms with Crippen LogP contribution in [0.2, 0.25) is 0 Å². The lowest BCUT2D eigenvalue weighted by molar-refractivity contribution is 0.0787. The summed E-state index contributed by atoms with van der Waals surface area (Å²) in [5.41, 5.74) is 2.59. The molecule has 1 aromatic carbocycles. The van der Waals surface area contributed by atoms with E-state index in [0.29, 0.717) is 11.6 Å². The molecule has 1 aromatic heterocycles. The first-order chi connectivity index (χ1) is 13.2. The van der Waals surface area contributed by atoms with Crippen LogP contribution in [0.15, 0.2) is 36.5 Å². The summed E-state index contributed by atoms with van der Waals surface area (Å²) in [6, 6.07) is 9.99. The van der Waals surface area contributed by atoms with E-state index in [0.717, 1.165) is 57.8 Å². The second-order valence-electron chi connectivity index (χ2n) is 7.23. The molecule has 3 heterocycles. The molecule has 0 aliphatic carbocycles. The maximum absolute atomic E-state index is 12.5. The van der Waals surface area contributed by atoms with Crippen LogP contribution in [-0.4, -0.2) is 72.0 Å². The van der Waals surface area contributed by atoms with Gasteiger partial charge in [-0.15, -0.1) is 0 Å². The maximum Gasteiger partial charge on any atom is 0.272 e. The van der Waals surface area contributed by atoms with E-state index in [2.05, 4.69) is 44.3 Å². The van der Waals surface area contributed by atoms with E-state index in [-0.39, 0.29) is 5.91 Å². The SMILES string of the molecule is CN1CCN(c2ccc(Nc3nccc(C(=O)N4CCCC4)n3)cc2)CC1. The molecule has 142 valence electrons. The lowest BCUT2D eigenvalue weighted by atomic mass is 10.2. The van der Waals surface area contributed by atoms with Gasteiger partial charge < -0.3 is 20.0 Å². The Morgan fingerprint density at radius 3 is 2.37 bits per heavy atom. The molecule has 2 aliphatic heterocycles. The number of hydrogen-bond acceptors (Lipinski definition) is 6. The van der Waals surface area contributed by atoms with E-state index in [1.165, 1.54) is 5.69 Å². The number of aromatic nitrogens is 2. The van der Waals surface area contributed by atoms with Gasteiger partial charge in [0.1, 0.15) is 5.69 Å². The van der Waals surface area contributed by atoms with Crippen molar-refractivity contribution in [2.75, 3.05) is 56.5 Å². The molecule has 2 aliphatic rings. The highest BCUT2D eigenvalue weighted by atomic mass is 16.2. The highest BCUT2D eigenvalue weighted by molar-refractivity contribution is 5.92. The smallest absolute Gasteiger partial charge is 0.272 e. The average Bonchev–Trinajstić information content (AvgIpc) is 3.24. The minimum atomic E-state index is -0.0108. The normalized spacial score (nSPS) is 18.0. The minimum Gasteiger partial charge on any atom is -0.369 e. The fourth-order valence-electron chi connectivity index (χ4n) is 3.57. The number of carbonyl (C=O) groups is 1. The number of carbonyl (C=O) groups excluding carboxylic acids is 1. The highest BCUT2D eigenvalue weighted by Crippen LogP contribution is 2.21. The standard InChI is InChI=1S/C20H26N6O/c1-24-12-14-25(15-13-24)17-6-4-16(5-7-17)22-20-21-9-8-18(23-20)19(27)26-10-2-3-11-26/h4-9H,2-3,10-15H2,1H3,(H,21,22,23). The van der Waals surface area contributed by atoms with E-state index in [4.69, 9.17) is 0 Å². The third kappa shape index (κ3) is 4.19. The number of likely N-dealkylation sites (N-methyl/N-ethyl adjacent to an activating group) is 1. The van der Waals surface area contributed by atoms with Crippen LogP contribution in [-0.2, 0) is 0 Å². The number of nitrogens with one attached hydrogen (secondary N) is 1. The fraction of sp³-hybridized carbons (Fsp3) is 0.450. The van der Waals surface area contributed by atoms with Gasteiger partial charge in [0.25, 0.3) is 5.91 Å². The van der Waals surface area contributed by atoms with Crippen molar-refractivity contribution >= 4 is 23.2 Å². The van der Waals surface area contributed by atoms with Gasteiger partial charge in [-0.1, -0.05) is 0 Å². The predicted molar refractivity (Wildman–Crippen MR) is 107 cm³/mol. The number of likely N-dealkylation sites (tertiary alicyclic amines) is 1. The summed E-state index contributed by atoms with van der Waals surface area (Å²) in [6.07, 6.45) is 3.78. The van der Waals surface area contributed by atoms with Gasteiger partial charge in [0.15, 0.2) is 0 Å². The predicted octanol–water partition coefficient (Wildman–Crippen LogP) is 2.21. The molecular formula is C20H26N6O. The molecule has 7 nitrogen and oxygen atoms in total. The summed E-state index contributed by atoms with van der Waals surface area (Å²) in [7, 11) is 2.16. The van der Waals surface area contributed by atoms with Crippen molar-refractivity contribution in [1.82, 2.24) is 19.8 Å². The molecule has 0 radical (unpaired) electrons. The van der Waals surface area contributed by atoms with Crippen LogP contribution in [0.1, 0.15) is 23.3 Å². The van der Waals surface area contributed by atoms with E-state index < -0.39 is 0 Å². The Balaban J connectivity index is 1.41. The topological polar surface area (TPSA) is 64.6 Å². The summed E-state index contributed by atoms with van der Waals surface area (Å²) in [5, 5.41) is 3.21. The number of rotatable bonds is 4. The van der Waals surface area contributed by atoms with Crippen LogP contribution in [0.4, 0.5) is 17.3 Å². The lowest BCUT2D eigenvalue weighted by Gasteiger charge is -2.34. The van der Waals surface area contributed by atoms with E-state index in [9.17, 15) is 4.79 Å². The zero-order valence-corrected chi connectivity index (χ0v) is 15.8. The number of anilines is 3. The van der Waals surface area contributed by atoms with Crippen LogP contribution in [0.3, 0.4) is 0 Å². The van der Waals surface area contributed by atoms with Crippen molar-refractivity contribution in [3.63, 3.8) is 0 Å². The Morgan fingerprint density at radius 2 is 1.67 bits per heavy atom. The number of amides is 1. The first-order valence-electron chi connectivity index (χ1n) is 9.62. The van der Waals surface area contributed by atoms with E-state index in [1.54, 1.807) is 12.3 Å². The summed E-state index contributed by atoms with van der Waals surface area (Å²) in [4.78, 5) is 27.8. The van der Waals surface area contributed by atoms with Gasteiger partial charge in [0, 0.05) is 56.8 Å².